The summed E-state index contributed by atoms with van der Waals surface area (Å²) in [6.45, 7) is 7.61. The maximum absolute atomic E-state index is 12.7. The molecule has 25 heavy (non-hydrogen) atoms. The van der Waals surface area contributed by atoms with Gasteiger partial charge in [0.2, 0.25) is 0 Å². The van der Waals surface area contributed by atoms with E-state index < -0.39 is 0 Å². The second-order valence-corrected chi connectivity index (χ2v) is 7.36. The summed E-state index contributed by atoms with van der Waals surface area (Å²) in [7, 11) is 2.08. The first-order chi connectivity index (χ1) is 12.1. The highest BCUT2D eigenvalue weighted by atomic mass is 32.1. The van der Waals surface area contributed by atoms with Crippen molar-refractivity contribution in [2.24, 2.45) is 0 Å². The van der Waals surface area contributed by atoms with Crippen LogP contribution in [0.2, 0.25) is 0 Å². The van der Waals surface area contributed by atoms with Crippen LogP contribution in [0.3, 0.4) is 0 Å². The molecule has 3 rings (SSSR count). The molecule has 1 amide bonds. The number of thiocarbonyl (C=S) groups is 1. The highest BCUT2D eigenvalue weighted by Crippen LogP contribution is 2.27. The van der Waals surface area contributed by atoms with Crippen LogP contribution in [0, 0.1) is 0 Å². The van der Waals surface area contributed by atoms with E-state index in [1.54, 1.807) is 6.08 Å². The molecule has 1 aromatic carbocycles. The number of carbonyl (C=O) groups excluding carboxylic acids is 1. The number of anilines is 1. The van der Waals surface area contributed by atoms with Crippen LogP contribution >= 0.6 is 23.6 Å². The van der Waals surface area contributed by atoms with Crippen molar-refractivity contribution in [1.29, 1.82) is 0 Å². The number of thiazole rings is 1. The summed E-state index contributed by atoms with van der Waals surface area (Å²) in [4.78, 5) is 21.3. The first-order valence-corrected chi connectivity index (χ1v) is 9.33. The van der Waals surface area contributed by atoms with Crippen LogP contribution in [0.4, 0.5) is 5.13 Å². The Bertz CT molecular complexity index is 795. The summed E-state index contributed by atoms with van der Waals surface area (Å²) in [5.74, 6) is 0.0843. The van der Waals surface area contributed by atoms with Crippen LogP contribution in [0.5, 0.6) is 0 Å². The Morgan fingerprint density at radius 3 is 2.88 bits per heavy atom. The smallest absolute Gasteiger partial charge is 0.253 e. The Morgan fingerprint density at radius 1 is 1.40 bits per heavy atom. The number of rotatable bonds is 4. The molecular formula is C17H21N5OS2. The standard InChI is InChI=1S/C17H21N5OS2/c1-3-6-18-16(24)20-17-19-13-5-4-12(11-14(13)25-17)15(23)22-9-7-21(2)8-10-22/h3-5,11H,1,6-10H2,2H3,(H2,18,19,20,24). The minimum Gasteiger partial charge on any atom is -0.359 e. The van der Waals surface area contributed by atoms with Gasteiger partial charge in [-0.15, -0.1) is 6.58 Å². The number of hydrogen-bond acceptors (Lipinski definition) is 5. The third-order valence-corrected chi connectivity index (χ3v) is 5.23. The number of piperazine rings is 1. The van der Waals surface area contributed by atoms with Gasteiger partial charge in [-0.2, -0.15) is 0 Å². The van der Waals surface area contributed by atoms with Gasteiger partial charge in [0, 0.05) is 38.3 Å². The third-order valence-electron chi connectivity index (χ3n) is 4.05. The van der Waals surface area contributed by atoms with Gasteiger partial charge >= 0.3 is 0 Å². The number of hydrogen-bond donors (Lipinski definition) is 2. The van der Waals surface area contributed by atoms with E-state index in [0.717, 1.165) is 36.4 Å². The van der Waals surface area contributed by atoms with Crippen LogP contribution in [-0.4, -0.2) is 65.6 Å². The molecule has 2 heterocycles. The lowest BCUT2D eigenvalue weighted by Crippen LogP contribution is -2.47. The van der Waals surface area contributed by atoms with Gasteiger partial charge in [0.05, 0.1) is 10.2 Å². The monoisotopic (exact) mass is 375 g/mol. The Labute approximate surface area is 156 Å². The quantitative estimate of drug-likeness (QED) is 0.631. The molecule has 1 aliphatic heterocycles. The predicted octanol–water partition coefficient (Wildman–Crippen LogP) is 2.16. The zero-order valence-corrected chi connectivity index (χ0v) is 15.8. The molecule has 0 spiro atoms. The number of benzene rings is 1. The zero-order chi connectivity index (χ0) is 17.8. The summed E-state index contributed by atoms with van der Waals surface area (Å²) in [5, 5.41) is 7.28. The fourth-order valence-corrected chi connectivity index (χ4v) is 3.76. The summed E-state index contributed by atoms with van der Waals surface area (Å²) >= 11 is 6.68. The molecule has 0 aliphatic carbocycles. The molecule has 132 valence electrons. The van der Waals surface area contributed by atoms with Crippen LogP contribution < -0.4 is 10.6 Å². The van der Waals surface area contributed by atoms with E-state index in [-0.39, 0.29) is 5.91 Å². The second kappa shape index (κ2) is 7.90. The highest BCUT2D eigenvalue weighted by Gasteiger charge is 2.20. The van der Waals surface area contributed by atoms with Crippen molar-refractivity contribution in [2.45, 2.75) is 0 Å². The first kappa shape index (κ1) is 17.8. The average molecular weight is 376 g/mol. The van der Waals surface area contributed by atoms with Gasteiger partial charge in [-0.3, -0.25) is 4.79 Å². The van der Waals surface area contributed by atoms with E-state index in [2.05, 4.69) is 34.1 Å². The molecule has 0 unspecified atom stereocenters. The minimum atomic E-state index is 0.0843. The average Bonchev–Trinajstić information content (AvgIpc) is 3.01. The Kier molecular flexibility index (Phi) is 5.62. The Hall–Kier alpha value is -2.03. The molecule has 6 nitrogen and oxygen atoms in total. The molecule has 0 atom stereocenters. The van der Waals surface area contributed by atoms with Gasteiger partial charge in [0.25, 0.3) is 5.91 Å². The summed E-state index contributed by atoms with van der Waals surface area (Å²) in [6, 6.07) is 5.65. The molecule has 1 fully saturated rings. The van der Waals surface area contributed by atoms with Crippen LogP contribution in [0.15, 0.2) is 30.9 Å². The van der Waals surface area contributed by atoms with Crippen molar-refractivity contribution < 1.29 is 4.79 Å². The van der Waals surface area contributed by atoms with Gasteiger partial charge in [0.1, 0.15) is 0 Å². The van der Waals surface area contributed by atoms with Gasteiger partial charge < -0.3 is 20.4 Å². The topological polar surface area (TPSA) is 60.5 Å². The van der Waals surface area contributed by atoms with Crippen molar-refractivity contribution in [3.8, 4) is 0 Å². The SMILES string of the molecule is C=CCNC(=S)Nc1nc2ccc(C(=O)N3CCN(C)CC3)cc2s1. The number of nitrogens with zero attached hydrogens (tertiary/aromatic N) is 3. The van der Waals surface area contributed by atoms with Crippen molar-refractivity contribution in [1.82, 2.24) is 20.1 Å². The van der Waals surface area contributed by atoms with Gasteiger partial charge in [-0.25, -0.2) is 4.98 Å². The molecular weight excluding hydrogens is 354 g/mol. The van der Waals surface area contributed by atoms with Crippen molar-refractivity contribution in [3.63, 3.8) is 0 Å². The van der Waals surface area contributed by atoms with E-state index in [1.165, 1.54) is 11.3 Å². The van der Waals surface area contributed by atoms with Crippen molar-refractivity contribution in [2.75, 3.05) is 45.1 Å². The molecule has 0 radical (unpaired) electrons. The fourth-order valence-electron chi connectivity index (χ4n) is 2.61. The lowest BCUT2D eigenvalue weighted by Gasteiger charge is -2.32. The van der Waals surface area contributed by atoms with Crippen LogP contribution in [-0.2, 0) is 0 Å². The Morgan fingerprint density at radius 2 is 2.16 bits per heavy atom. The maximum atomic E-state index is 12.7. The molecule has 0 saturated carbocycles. The molecule has 1 aromatic heterocycles. The highest BCUT2D eigenvalue weighted by molar-refractivity contribution is 7.80. The maximum Gasteiger partial charge on any atom is 0.253 e. The molecule has 2 N–H and O–H groups in total. The number of carbonyl (C=O) groups is 1. The molecule has 8 heteroatoms. The van der Waals surface area contributed by atoms with Gasteiger partial charge in [-0.1, -0.05) is 17.4 Å². The van der Waals surface area contributed by atoms with Gasteiger partial charge in [-0.05, 0) is 37.5 Å². The molecule has 1 saturated heterocycles. The molecule has 1 aliphatic rings. The van der Waals surface area contributed by atoms with E-state index in [4.69, 9.17) is 12.2 Å². The number of aromatic nitrogens is 1. The fraction of sp³-hybridized carbons (Fsp3) is 0.353. The second-order valence-electron chi connectivity index (χ2n) is 5.92. The van der Waals surface area contributed by atoms with E-state index in [9.17, 15) is 4.79 Å². The number of fused-ring (bicyclic) bond motifs is 1. The van der Waals surface area contributed by atoms with Crippen molar-refractivity contribution >= 4 is 49.9 Å². The molecule has 0 bridgehead atoms. The number of nitrogens with one attached hydrogen (secondary N) is 2. The molecule has 2 aromatic rings. The summed E-state index contributed by atoms with van der Waals surface area (Å²) < 4.78 is 0.967. The third kappa shape index (κ3) is 4.33. The van der Waals surface area contributed by atoms with E-state index >= 15 is 0 Å². The largest absolute Gasteiger partial charge is 0.359 e. The number of amides is 1. The normalized spacial score (nSPS) is 15.2. The predicted molar refractivity (Wildman–Crippen MR) is 107 cm³/mol. The van der Waals surface area contributed by atoms with E-state index in [0.29, 0.717) is 22.4 Å². The van der Waals surface area contributed by atoms with Gasteiger partial charge in [0.15, 0.2) is 10.2 Å². The zero-order valence-electron chi connectivity index (χ0n) is 14.1. The minimum absolute atomic E-state index is 0.0843. The Balaban J connectivity index is 1.72. The first-order valence-electron chi connectivity index (χ1n) is 8.11. The van der Waals surface area contributed by atoms with E-state index in [1.807, 2.05) is 23.1 Å². The lowest BCUT2D eigenvalue weighted by atomic mass is 10.1. The summed E-state index contributed by atoms with van der Waals surface area (Å²) in [5.41, 5.74) is 1.56. The van der Waals surface area contributed by atoms with Crippen LogP contribution in [0.25, 0.3) is 10.2 Å². The summed E-state index contributed by atoms with van der Waals surface area (Å²) in [6.07, 6.45) is 1.74. The number of likely N-dealkylation sites (N-methyl/N-ethyl adjacent to an activating group) is 1. The lowest BCUT2D eigenvalue weighted by molar-refractivity contribution is 0.0664. The van der Waals surface area contributed by atoms with Crippen molar-refractivity contribution in [3.05, 3.63) is 36.4 Å². The van der Waals surface area contributed by atoms with Crippen LogP contribution in [0.1, 0.15) is 10.4 Å².